The van der Waals surface area contributed by atoms with Gasteiger partial charge in [0.25, 0.3) is 0 Å². The van der Waals surface area contributed by atoms with Gasteiger partial charge in [0.15, 0.2) is 0 Å². The maximum Gasteiger partial charge on any atom is 0.0702 e. The van der Waals surface area contributed by atoms with E-state index in [4.69, 9.17) is 0 Å². The Bertz CT molecular complexity index is 297. The number of anilines is 1. The van der Waals surface area contributed by atoms with Crippen LogP contribution in [0, 0.1) is 0 Å². The number of aliphatic hydroxyl groups excluding tert-OH is 1. The highest BCUT2D eigenvalue weighted by atomic mass is 79.9. The average Bonchev–Trinajstić information content (AvgIpc) is 2.21. The highest BCUT2D eigenvalue weighted by Crippen LogP contribution is 2.24. The summed E-state index contributed by atoms with van der Waals surface area (Å²) >= 11 is 3.40. The van der Waals surface area contributed by atoms with Gasteiger partial charge in [0.2, 0.25) is 0 Å². The second-order valence-electron chi connectivity index (χ2n) is 3.10. The zero-order valence-electron chi connectivity index (χ0n) is 8.63. The molecule has 1 N–H and O–H groups in total. The lowest BCUT2D eigenvalue weighted by molar-refractivity contribution is 0.282. The quantitative estimate of drug-likeness (QED) is 0.897. The van der Waals surface area contributed by atoms with Gasteiger partial charge in [-0.1, -0.05) is 15.9 Å². The molecule has 0 aliphatic carbocycles. The third-order valence-electron chi connectivity index (χ3n) is 2.32. The van der Waals surface area contributed by atoms with Gasteiger partial charge in [-0.2, -0.15) is 0 Å². The first-order valence-corrected chi connectivity index (χ1v) is 5.66. The van der Waals surface area contributed by atoms with Gasteiger partial charge in [-0.05, 0) is 32.0 Å². The normalized spacial score (nSPS) is 10.3. The molecule has 0 bridgehead atoms. The molecule has 0 amide bonds. The van der Waals surface area contributed by atoms with Gasteiger partial charge in [0.05, 0.1) is 6.61 Å². The molecule has 3 heteroatoms. The van der Waals surface area contributed by atoms with Crippen LogP contribution in [-0.4, -0.2) is 18.2 Å². The maximum atomic E-state index is 9.24. The summed E-state index contributed by atoms with van der Waals surface area (Å²) in [5, 5.41) is 9.24. The van der Waals surface area contributed by atoms with Crippen LogP contribution in [-0.2, 0) is 6.61 Å². The molecule has 0 radical (unpaired) electrons. The molecule has 0 unspecified atom stereocenters. The van der Waals surface area contributed by atoms with E-state index in [0.29, 0.717) is 0 Å². The van der Waals surface area contributed by atoms with Gasteiger partial charge in [0, 0.05) is 28.8 Å². The summed E-state index contributed by atoms with van der Waals surface area (Å²) in [5.41, 5.74) is 2.10. The monoisotopic (exact) mass is 257 g/mol. The van der Waals surface area contributed by atoms with Crippen molar-refractivity contribution < 1.29 is 5.11 Å². The Morgan fingerprint density at radius 2 is 1.93 bits per heavy atom. The van der Waals surface area contributed by atoms with Gasteiger partial charge in [-0.3, -0.25) is 0 Å². The third-order valence-corrected chi connectivity index (χ3v) is 2.81. The first kappa shape index (κ1) is 11.5. The fourth-order valence-corrected chi connectivity index (χ4v) is 1.96. The Labute approximate surface area is 93.7 Å². The van der Waals surface area contributed by atoms with E-state index >= 15 is 0 Å². The molecule has 1 rings (SSSR count). The number of rotatable bonds is 4. The minimum absolute atomic E-state index is 0.0886. The lowest BCUT2D eigenvalue weighted by atomic mass is 10.1. The summed E-state index contributed by atoms with van der Waals surface area (Å²) in [6.45, 7) is 6.25. The first-order valence-electron chi connectivity index (χ1n) is 4.87. The van der Waals surface area contributed by atoms with E-state index < -0.39 is 0 Å². The highest BCUT2D eigenvalue weighted by Gasteiger charge is 2.07. The van der Waals surface area contributed by atoms with Crippen molar-refractivity contribution in [1.82, 2.24) is 0 Å². The smallest absolute Gasteiger partial charge is 0.0702 e. The van der Waals surface area contributed by atoms with Gasteiger partial charge in [-0.25, -0.2) is 0 Å². The van der Waals surface area contributed by atoms with E-state index in [9.17, 15) is 5.11 Å². The first-order chi connectivity index (χ1) is 6.72. The Balaban J connectivity index is 3.06. The lowest BCUT2D eigenvalue weighted by Gasteiger charge is -2.23. The number of hydrogen-bond donors (Lipinski definition) is 1. The Kier molecular flexibility index (Phi) is 4.42. The predicted molar refractivity (Wildman–Crippen MR) is 63.6 cm³/mol. The molecule has 0 saturated heterocycles. The second-order valence-corrected chi connectivity index (χ2v) is 4.02. The molecule has 78 valence electrons. The van der Waals surface area contributed by atoms with Crippen molar-refractivity contribution in [2.24, 2.45) is 0 Å². The van der Waals surface area contributed by atoms with E-state index in [1.54, 1.807) is 0 Å². The summed E-state index contributed by atoms with van der Waals surface area (Å²) in [4.78, 5) is 2.23. The van der Waals surface area contributed by atoms with Crippen LogP contribution < -0.4 is 4.90 Å². The summed E-state index contributed by atoms with van der Waals surface area (Å²) in [6, 6.07) is 6.02. The molecule has 0 saturated carbocycles. The average molecular weight is 258 g/mol. The van der Waals surface area contributed by atoms with Crippen molar-refractivity contribution in [3.63, 3.8) is 0 Å². The number of nitrogens with zero attached hydrogens (tertiary/aromatic N) is 1. The second kappa shape index (κ2) is 5.37. The molecular weight excluding hydrogens is 242 g/mol. The fraction of sp³-hybridized carbons (Fsp3) is 0.455. The molecule has 0 spiro atoms. The molecule has 0 fully saturated rings. The van der Waals surface area contributed by atoms with E-state index in [1.807, 2.05) is 18.2 Å². The van der Waals surface area contributed by atoms with Crippen LogP contribution in [0.15, 0.2) is 22.7 Å². The van der Waals surface area contributed by atoms with Crippen molar-refractivity contribution in [3.05, 3.63) is 28.2 Å². The summed E-state index contributed by atoms with van der Waals surface area (Å²) < 4.78 is 1.01. The SMILES string of the molecule is CCN(CC)c1ccc(Br)cc1CO. The Morgan fingerprint density at radius 1 is 1.29 bits per heavy atom. The number of benzene rings is 1. The largest absolute Gasteiger partial charge is 0.392 e. The number of aliphatic hydroxyl groups is 1. The van der Waals surface area contributed by atoms with Crippen LogP contribution in [0.5, 0.6) is 0 Å². The van der Waals surface area contributed by atoms with Crippen LogP contribution in [0.2, 0.25) is 0 Å². The van der Waals surface area contributed by atoms with E-state index in [-0.39, 0.29) is 6.61 Å². The highest BCUT2D eigenvalue weighted by molar-refractivity contribution is 9.10. The fourth-order valence-electron chi connectivity index (χ4n) is 1.55. The van der Waals surface area contributed by atoms with Crippen LogP contribution >= 0.6 is 15.9 Å². The van der Waals surface area contributed by atoms with Crippen LogP contribution in [0.25, 0.3) is 0 Å². The van der Waals surface area contributed by atoms with Crippen molar-refractivity contribution in [3.8, 4) is 0 Å². The molecular formula is C11H16BrNO. The molecule has 0 heterocycles. The lowest BCUT2D eigenvalue weighted by Crippen LogP contribution is -2.23. The standard InChI is InChI=1S/C11H16BrNO/c1-3-13(4-2)11-6-5-10(12)7-9(11)8-14/h5-7,14H,3-4,8H2,1-2H3. The van der Waals surface area contributed by atoms with Crippen molar-refractivity contribution in [2.45, 2.75) is 20.5 Å². The van der Waals surface area contributed by atoms with E-state index in [2.05, 4.69) is 34.7 Å². The predicted octanol–water partition coefficient (Wildman–Crippen LogP) is 2.79. The van der Waals surface area contributed by atoms with E-state index in [1.165, 1.54) is 0 Å². The van der Waals surface area contributed by atoms with Crippen LogP contribution in [0.1, 0.15) is 19.4 Å². The maximum absolute atomic E-state index is 9.24. The molecule has 0 atom stereocenters. The van der Waals surface area contributed by atoms with Crippen LogP contribution in [0.4, 0.5) is 5.69 Å². The summed E-state index contributed by atoms with van der Waals surface area (Å²) in [7, 11) is 0. The molecule has 1 aromatic carbocycles. The minimum atomic E-state index is 0.0886. The van der Waals surface area contributed by atoms with Crippen molar-refractivity contribution >= 4 is 21.6 Å². The molecule has 2 nitrogen and oxygen atoms in total. The molecule has 1 aromatic rings. The summed E-state index contributed by atoms with van der Waals surface area (Å²) in [5.74, 6) is 0. The van der Waals surface area contributed by atoms with E-state index in [0.717, 1.165) is 28.8 Å². The van der Waals surface area contributed by atoms with Crippen molar-refractivity contribution in [2.75, 3.05) is 18.0 Å². The number of halogens is 1. The summed E-state index contributed by atoms with van der Waals surface area (Å²) in [6.07, 6.45) is 0. The Hall–Kier alpha value is -0.540. The van der Waals surface area contributed by atoms with Crippen LogP contribution in [0.3, 0.4) is 0 Å². The topological polar surface area (TPSA) is 23.5 Å². The third kappa shape index (κ3) is 2.49. The minimum Gasteiger partial charge on any atom is -0.392 e. The van der Waals surface area contributed by atoms with Crippen molar-refractivity contribution in [1.29, 1.82) is 0 Å². The molecule has 14 heavy (non-hydrogen) atoms. The van der Waals surface area contributed by atoms with Gasteiger partial charge >= 0.3 is 0 Å². The Morgan fingerprint density at radius 3 is 2.43 bits per heavy atom. The van der Waals surface area contributed by atoms with Gasteiger partial charge in [0.1, 0.15) is 0 Å². The number of hydrogen-bond acceptors (Lipinski definition) is 2. The molecule has 0 aromatic heterocycles. The molecule has 0 aliphatic heterocycles. The zero-order chi connectivity index (χ0) is 10.6. The van der Waals surface area contributed by atoms with Gasteiger partial charge < -0.3 is 10.0 Å². The zero-order valence-corrected chi connectivity index (χ0v) is 10.2. The van der Waals surface area contributed by atoms with Gasteiger partial charge in [-0.15, -0.1) is 0 Å². The molecule has 0 aliphatic rings.